The molecule has 0 saturated carbocycles. The van der Waals surface area contributed by atoms with Gasteiger partial charge in [-0.05, 0) is 119 Å². The summed E-state index contributed by atoms with van der Waals surface area (Å²) < 4.78 is 21.7. The summed E-state index contributed by atoms with van der Waals surface area (Å²) in [6.45, 7) is 0. The minimum Gasteiger partial charge on any atom is -0.308 e. The van der Waals surface area contributed by atoms with Crippen LogP contribution in [0.5, 0.6) is 0 Å². The molecule has 143 heavy (non-hydrogen) atoms. The molecule has 666 valence electrons. The third-order valence-electron chi connectivity index (χ3n) is 28.2. The van der Waals surface area contributed by atoms with Gasteiger partial charge < -0.3 is 13.7 Å². The van der Waals surface area contributed by atoms with Gasteiger partial charge in [-0.3, -0.25) is 4.57 Å². The SMILES string of the molecule is c1ccc(-c2ccc(-c3nc(-n4c5ccccc5c5c6sc7ccccc7c6c6sc7cncnc7c6c54)nc4ccccc34)cc2)cc1.c1ccc(-c2ccc(-n3c4ccccc4c4c5c(c6ccccc6n5-c5ccccc5)c5sc6cncnc6c5c43)cc2)cc1.c1ccc(-c2nc(-c3ccc(-n4c5ccccc5c5c6sc7ccccc7c6c6sc7cncnc7c6c54)cc3)nc3ccccc23)cc1. The molecule has 0 amide bonds. The first-order valence-electron chi connectivity index (χ1n) is 47.3. The Morgan fingerprint density at radius 2 is 0.483 bits per heavy atom. The molecule has 0 radical (unpaired) electrons. The van der Waals surface area contributed by atoms with Crippen molar-refractivity contribution in [1.82, 2.24) is 68.1 Å². The summed E-state index contributed by atoms with van der Waals surface area (Å²) in [4.78, 5) is 48.8. The molecular formula is C124H70N14S5. The second-order valence-corrected chi connectivity index (χ2v) is 41.2. The maximum absolute atomic E-state index is 5.44. The number of hydrogen-bond acceptors (Lipinski definition) is 15. The van der Waals surface area contributed by atoms with E-state index in [1.54, 1.807) is 53.0 Å². The number of para-hydroxylation sites is 7. The highest BCUT2D eigenvalue weighted by molar-refractivity contribution is 7.31. The van der Waals surface area contributed by atoms with Gasteiger partial charge in [0, 0.05) is 177 Å². The third-order valence-corrected chi connectivity index (χ3v) is 33.9. The van der Waals surface area contributed by atoms with Gasteiger partial charge in [0.05, 0.1) is 97.2 Å². The van der Waals surface area contributed by atoms with E-state index in [4.69, 9.17) is 34.9 Å². The molecule has 18 aromatic carbocycles. The van der Waals surface area contributed by atoms with Gasteiger partial charge in [-0.1, -0.05) is 291 Å². The minimum atomic E-state index is 0.641. The largest absolute Gasteiger partial charge is 0.308 e. The van der Waals surface area contributed by atoms with Gasteiger partial charge in [0.15, 0.2) is 5.82 Å². The lowest BCUT2D eigenvalue weighted by Crippen LogP contribution is -2.03. The number of fused-ring (bicyclic) bond motifs is 38. The predicted octanol–water partition coefficient (Wildman–Crippen LogP) is 33.9. The van der Waals surface area contributed by atoms with E-state index < -0.39 is 0 Å². The molecule has 14 aromatic heterocycles. The summed E-state index contributed by atoms with van der Waals surface area (Å²) in [5.74, 6) is 1.35. The van der Waals surface area contributed by atoms with E-state index in [1.807, 2.05) is 65.5 Å². The number of hydrogen-bond donors (Lipinski definition) is 0. The molecule has 0 spiro atoms. The molecule has 0 N–H and O–H groups in total. The monoisotopic (exact) mass is 1910 g/mol. The van der Waals surface area contributed by atoms with Crippen LogP contribution in [0.1, 0.15) is 0 Å². The lowest BCUT2D eigenvalue weighted by molar-refractivity contribution is 1.02. The van der Waals surface area contributed by atoms with E-state index in [9.17, 15) is 0 Å². The zero-order valence-electron chi connectivity index (χ0n) is 75.7. The average Bonchev–Trinajstić information content (AvgIpc) is 1.39. The first-order chi connectivity index (χ1) is 71.0. The number of thiophene rings is 5. The average molecular weight is 1920 g/mol. The van der Waals surface area contributed by atoms with Crippen molar-refractivity contribution in [3.05, 3.63) is 426 Å². The Hall–Kier alpha value is -17.8. The van der Waals surface area contributed by atoms with Gasteiger partial charge in [-0.25, -0.2) is 49.8 Å². The highest BCUT2D eigenvalue weighted by atomic mass is 32.1. The molecule has 14 nitrogen and oxygen atoms in total. The highest BCUT2D eigenvalue weighted by Gasteiger charge is 2.32. The van der Waals surface area contributed by atoms with Crippen LogP contribution in [-0.2, 0) is 0 Å². The Morgan fingerprint density at radius 3 is 0.944 bits per heavy atom. The quantitative estimate of drug-likeness (QED) is 0.137. The molecule has 0 aliphatic heterocycles. The van der Waals surface area contributed by atoms with E-state index in [0.717, 1.165) is 114 Å². The third kappa shape index (κ3) is 12.5. The first kappa shape index (κ1) is 81.2. The normalized spacial score (nSPS) is 12.1. The summed E-state index contributed by atoms with van der Waals surface area (Å²) in [6.07, 6.45) is 10.9. The minimum absolute atomic E-state index is 0.641. The summed E-state index contributed by atoms with van der Waals surface area (Å²) in [7, 11) is 0. The van der Waals surface area contributed by atoms with Gasteiger partial charge in [-0.15, -0.1) is 56.7 Å². The van der Waals surface area contributed by atoms with Crippen molar-refractivity contribution in [2.24, 2.45) is 0 Å². The zero-order valence-corrected chi connectivity index (χ0v) is 79.8. The van der Waals surface area contributed by atoms with Crippen LogP contribution >= 0.6 is 56.7 Å². The van der Waals surface area contributed by atoms with Crippen molar-refractivity contribution in [2.45, 2.75) is 0 Å². The zero-order chi connectivity index (χ0) is 93.6. The molecule has 0 aliphatic carbocycles. The lowest BCUT2D eigenvalue weighted by atomic mass is 10.0. The molecule has 0 fully saturated rings. The van der Waals surface area contributed by atoms with E-state index >= 15 is 0 Å². The fourth-order valence-electron chi connectivity index (χ4n) is 22.1. The van der Waals surface area contributed by atoms with Crippen LogP contribution in [0.2, 0.25) is 0 Å². The highest BCUT2D eigenvalue weighted by Crippen LogP contribution is 2.57. The van der Waals surface area contributed by atoms with Gasteiger partial charge in [0.2, 0.25) is 5.95 Å². The van der Waals surface area contributed by atoms with E-state index in [2.05, 4.69) is 397 Å². The molecule has 14 heterocycles. The lowest BCUT2D eigenvalue weighted by Gasteiger charge is -2.13. The van der Waals surface area contributed by atoms with Crippen LogP contribution in [-0.4, -0.2) is 68.1 Å². The molecule has 32 aromatic rings. The topological polar surface area (TPSA) is 149 Å². The van der Waals surface area contributed by atoms with Gasteiger partial charge >= 0.3 is 0 Å². The smallest absolute Gasteiger partial charge is 0.235 e. The number of rotatable bonds is 9. The van der Waals surface area contributed by atoms with Gasteiger partial charge in [0.25, 0.3) is 0 Å². The molecule has 0 unspecified atom stereocenters. The Labute approximate surface area is 833 Å². The van der Waals surface area contributed by atoms with Crippen molar-refractivity contribution in [3.8, 4) is 79.2 Å². The Balaban J connectivity index is 0.000000100. The molecule has 0 aliphatic rings. The van der Waals surface area contributed by atoms with Crippen LogP contribution in [0.3, 0.4) is 0 Å². The fourth-order valence-corrected chi connectivity index (χ4v) is 28.3. The van der Waals surface area contributed by atoms with Crippen molar-refractivity contribution in [3.63, 3.8) is 0 Å². The van der Waals surface area contributed by atoms with Crippen molar-refractivity contribution in [2.75, 3.05) is 0 Å². The van der Waals surface area contributed by atoms with Crippen LogP contribution in [0, 0.1) is 0 Å². The van der Waals surface area contributed by atoms with Crippen LogP contribution in [0.15, 0.2) is 426 Å². The predicted molar refractivity (Wildman–Crippen MR) is 601 cm³/mol. The summed E-state index contributed by atoms with van der Waals surface area (Å²) in [5.41, 5.74) is 27.1. The van der Waals surface area contributed by atoms with Crippen molar-refractivity contribution < 1.29 is 0 Å². The van der Waals surface area contributed by atoms with Gasteiger partial charge in [-0.2, -0.15) is 0 Å². The number of aromatic nitrogens is 14. The van der Waals surface area contributed by atoms with E-state index in [0.29, 0.717) is 11.8 Å². The van der Waals surface area contributed by atoms with E-state index in [-0.39, 0.29) is 0 Å². The van der Waals surface area contributed by atoms with Crippen LogP contribution in [0.25, 0.3) is 289 Å². The fraction of sp³-hybridized carbons (Fsp3) is 0. The van der Waals surface area contributed by atoms with Crippen molar-refractivity contribution >= 4 is 267 Å². The molecule has 19 heteroatoms. The molecule has 0 saturated heterocycles. The first-order valence-corrected chi connectivity index (χ1v) is 51.4. The Bertz CT molecular complexity index is 10800. The number of benzene rings is 18. The summed E-state index contributed by atoms with van der Waals surface area (Å²) in [5, 5.41) is 20.6. The maximum atomic E-state index is 5.44. The maximum Gasteiger partial charge on any atom is 0.235 e. The van der Waals surface area contributed by atoms with Crippen LogP contribution < -0.4 is 0 Å². The standard InChI is InChI=1S/2C42H23N5S2.C40H24N4S/c1-2-10-24(11-3-1)37-27-12-4-7-15-30(27)45-42(46-37)25-18-20-26(21-19-25)47-31-16-8-5-13-28(31)34-39(47)36-38-33(22-43-23-44-38)49-41(36)35-29-14-6-9-17-32(29)48-40(34)35;1-2-10-24(11-3-1)25-18-20-26(21-19-25)37-27-12-4-7-15-30(27)45-42(46-37)47-31-16-8-5-13-28(31)34-39(47)36-38-33(22-43-23-44-38)49-41(36)35-29-14-6-9-17-32(29)48-40(34)35;1-3-11-25(12-4-1)26-19-21-28(22-20-26)44-31-17-9-7-15-29(31)34-38-35(40-36(39(34)44)37-33(45-40)23-41-24-42-37)30-16-8-10-18-32(30)43(38)27-13-5-2-6-14-27/h2*1-23H;1-24H. The molecule has 0 atom stereocenters. The van der Waals surface area contributed by atoms with Crippen molar-refractivity contribution in [1.29, 1.82) is 0 Å². The number of nitrogens with zero attached hydrogens (tertiary/aromatic N) is 14. The molecule has 32 rings (SSSR count). The molecule has 0 bridgehead atoms. The van der Waals surface area contributed by atoms with Crippen LogP contribution in [0.4, 0.5) is 0 Å². The summed E-state index contributed by atoms with van der Waals surface area (Å²) >= 11 is 9.09. The summed E-state index contributed by atoms with van der Waals surface area (Å²) in [6, 6.07) is 138. The second-order valence-electron chi connectivity index (χ2n) is 35.9. The second kappa shape index (κ2) is 32.4. The Kier molecular flexibility index (Phi) is 18.4. The Morgan fingerprint density at radius 1 is 0.189 bits per heavy atom. The van der Waals surface area contributed by atoms with Gasteiger partial charge in [0.1, 0.15) is 19.0 Å². The van der Waals surface area contributed by atoms with E-state index in [1.165, 1.54) is 164 Å². The molecular weight excluding hydrogens is 1850 g/mol.